The summed E-state index contributed by atoms with van der Waals surface area (Å²) >= 11 is 0. The predicted octanol–water partition coefficient (Wildman–Crippen LogP) is 5.80. The average molecular weight is 415 g/mol. The van der Waals surface area contributed by atoms with Crippen LogP contribution in [0, 0.1) is 0 Å². The summed E-state index contributed by atoms with van der Waals surface area (Å²) in [6, 6.07) is 31.2. The third kappa shape index (κ3) is 6.19. The lowest BCUT2D eigenvalue weighted by Crippen LogP contribution is -2.51. The zero-order chi connectivity index (χ0) is 21.3. The van der Waals surface area contributed by atoms with Crippen LogP contribution in [0.4, 0.5) is 0 Å². The number of methoxy groups -OCH3 is 1. The lowest BCUT2D eigenvalue weighted by Gasteiger charge is -2.41. The van der Waals surface area contributed by atoms with Crippen LogP contribution in [0.1, 0.15) is 42.4 Å². The van der Waals surface area contributed by atoms with Crippen LogP contribution in [0.15, 0.2) is 84.9 Å². The van der Waals surface area contributed by atoms with E-state index in [1.54, 1.807) is 7.11 Å². The highest BCUT2D eigenvalue weighted by atomic mass is 16.5. The van der Waals surface area contributed by atoms with Crippen LogP contribution in [-0.4, -0.2) is 24.1 Å². The topological polar surface area (TPSA) is 24.5 Å². The van der Waals surface area contributed by atoms with Gasteiger partial charge < -0.3 is 10.1 Å². The number of hydrogen-bond acceptors (Lipinski definition) is 3. The van der Waals surface area contributed by atoms with Crippen LogP contribution in [0.2, 0.25) is 0 Å². The van der Waals surface area contributed by atoms with E-state index in [2.05, 4.69) is 95.1 Å². The molecule has 2 atom stereocenters. The molecule has 0 spiro atoms. The minimum Gasteiger partial charge on any atom is -0.497 e. The number of rotatable bonds is 9. The molecule has 0 amide bonds. The van der Waals surface area contributed by atoms with Crippen LogP contribution in [0.25, 0.3) is 0 Å². The van der Waals surface area contributed by atoms with E-state index in [1.165, 1.54) is 42.4 Å². The fourth-order valence-corrected chi connectivity index (χ4v) is 4.71. The molecule has 31 heavy (non-hydrogen) atoms. The van der Waals surface area contributed by atoms with E-state index in [0.717, 1.165) is 25.4 Å². The Hall–Kier alpha value is -2.62. The number of benzene rings is 3. The Balaban J connectivity index is 1.51. The summed E-state index contributed by atoms with van der Waals surface area (Å²) in [5.41, 5.74) is 4.07. The van der Waals surface area contributed by atoms with Crippen LogP contribution < -0.4 is 10.1 Å². The van der Waals surface area contributed by atoms with E-state index < -0.39 is 0 Å². The van der Waals surface area contributed by atoms with Crippen molar-refractivity contribution in [3.05, 3.63) is 102 Å². The second-order valence-electron chi connectivity index (χ2n) is 8.56. The van der Waals surface area contributed by atoms with E-state index in [9.17, 15) is 0 Å². The highest BCUT2D eigenvalue weighted by Gasteiger charge is 2.30. The second kappa shape index (κ2) is 11.1. The number of nitrogens with one attached hydrogen (secondary N) is 1. The molecule has 0 unspecified atom stereocenters. The second-order valence-corrected chi connectivity index (χ2v) is 8.56. The van der Waals surface area contributed by atoms with Gasteiger partial charge in [0.05, 0.1) is 7.11 Å². The lowest BCUT2D eigenvalue weighted by atomic mass is 9.88. The van der Waals surface area contributed by atoms with Gasteiger partial charge in [-0.2, -0.15) is 0 Å². The van der Waals surface area contributed by atoms with Crippen molar-refractivity contribution in [3.63, 3.8) is 0 Å². The van der Waals surface area contributed by atoms with Crippen molar-refractivity contribution in [1.29, 1.82) is 0 Å². The maximum atomic E-state index is 5.35. The Morgan fingerprint density at radius 2 is 1.32 bits per heavy atom. The first-order valence-electron chi connectivity index (χ1n) is 11.5. The quantitative estimate of drug-likeness (QED) is 0.479. The minimum atomic E-state index is 0.510. The molecule has 4 rings (SSSR count). The third-order valence-corrected chi connectivity index (χ3v) is 6.38. The normalized spacial score (nSPS) is 18.8. The molecule has 3 aromatic rings. The highest BCUT2D eigenvalue weighted by molar-refractivity contribution is 5.27. The van der Waals surface area contributed by atoms with Crippen molar-refractivity contribution in [3.8, 4) is 5.75 Å². The Morgan fingerprint density at radius 3 is 1.97 bits per heavy atom. The number of hydrogen-bond donors (Lipinski definition) is 1. The molecule has 0 saturated heterocycles. The molecule has 1 aliphatic carbocycles. The van der Waals surface area contributed by atoms with Gasteiger partial charge in [-0.3, -0.25) is 4.90 Å². The standard InChI is InChI=1S/C28H34N2O/c1-31-26-18-16-25(17-19-26)22-30(21-24-12-6-3-7-13-24)28-15-9-8-14-27(28)29-20-23-10-4-2-5-11-23/h2-7,10-13,16-19,27-29H,8-9,14-15,20-22H2,1H3/t27-,28-/m1/s1. The van der Waals surface area contributed by atoms with Crippen LogP contribution >= 0.6 is 0 Å². The predicted molar refractivity (Wildman–Crippen MR) is 128 cm³/mol. The molecule has 1 fully saturated rings. The Bertz CT molecular complexity index is 895. The van der Waals surface area contributed by atoms with E-state index >= 15 is 0 Å². The third-order valence-electron chi connectivity index (χ3n) is 6.38. The summed E-state index contributed by atoms with van der Waals surface area (Å²) in [5.74, 6) is 0.915. The molecular weight excluding hydrogens is 380 g/mol. The van der Waals surface area contributed by atoms with Gasteiger partial charge in [-0.25, -0.2) is 0 Å². The Morgan fingerprint density at radius 1 is 0.742 bits per heavy atom. The van der Waals surface area contributed by atoms with Crippen LogP contribution in [0.5, 0.6) is 5.75 Å². The van der Waals surface area contributed by atoms with Crippen molar-refractivity contribution in [2.24, 2.45) is 0 Å². The van der Waals surface area contributed by atoms with Crippen molar-refractivity contribution in [1.82, 2.24) is 10.2 Å². The molecule has 162 valence electrons. The molecule has 1 saturated carbocycles. The first kappa shape index (κ1) is 21.6. The minimum absolute atomic E-state index is 0.510. The smallest absolute Gasteiger partial charge is 0.118 e. The molecule has 0 aromatic heterocycles. The van der Waals surface area contributed by atoms with E-state index in [4.69, 9.17) is 4.74 Å². The molecule has 1 aliphatic rings. The maximum Gasteiger partial charge on any atom is 0.118 e. The first-order valence-corrected chi connectivity index (χ1v) is 11.5. The van der Waals surface area contributed by atoms with E-state index in [-0.39, 0.29) is 0 Å². The number of nitrogens with zero attached hydrogens (tertiary/aromatic N) is 1. The SMILES string of the molecule is COc1ccc(CN(Cc2ccccc2)[C@@H]2CCCC[C@H]2NCc2ccccc2)cc1. The fourth-order valence-electron chi connectivity index (χ4n) is 4.71. The van der Waals surface area contributed by atoms with Gasteiger partial charge in [0, 0.05) is 31.7 Å². The Labute approximate surface area is 187 Å². The van der Waals surface area contributed by atoms with Gasteiger partial charge in [0.1, 0.15) is 5.75 Å². The van der Waals surface area contributed by atoms with Gasteiger partial charge in [-0.15, -0.1) is 0 Å². The molecule has 0 radical (unpaired) electrons. The zero-order valence-electron chi connectivity index (χ0n) is 18.5. The largest absolute Gasteiger partial charge is 0.497 e. The summed E-state index contributed by atoms with van der Waals surface area (Å²) in [6.07, 6.45) is 5.10. The van der Waals surface area contributed by atoms with Crippen molar-refractivity contribution < 1.29 is 4.74 Å². The lowest BCUT2D eigenvalue weighted by molar-refractivity contribution is 0.106. The van der Waals surface area contributed by atoms with Gasteiger partial charge in [0.2, 0.25) is 0 Å². The molecule has 1 N–H and O–H groups in total. The van der Waals surface area contributed by atoms with Crippen LogP contribution in [0.3, 0.4) is 0 Å². The molecular formula is C28H34N2O. The van der Waals surface area contributed by atoms with Gasteiger partial charge in [0.15, 0.2) is 0 Å². The summed E-state index contributed by atoms with van der Waals surface area (Å²) in [7, 11) is 1.72. The van der Waals surface area contributed by atoms with Crippen molar-refractivity contribution in [2.75, 3.05) is 7.11 Å². The fraction of sp³-hybridized carbons (Fsp3) is 0.357. The summed E-state index contributed by atoms with van der Waals surface area (Å²) in [6.45, 7) is 2.86. The van der Waals surface area contributed by atoms with E-state index in [0.29, 0.717) is 12.1 Å². The molecule has 0 aliphatic heterocycles. The summed E-state index contributed by atoms with van der Waals surface area (Å²) < 4.78 is 5.35. The van der Waals surface area contributed by atoms with E-state index in [1.807, 2.05) is 0 Å². The zero-order valence-corrected chi connectivity index (χ0v) is 18.5. The molecule has 3 nitrogen and oxygen atoms in total. The summed E-state index contributed by atoms with van der Waals surface area (Å²) in [5, 5.41) is 3.90. The molecule has 0 bridgehead atoms. The van der Waals surface area contributed by atoms with Gasteiger partial charge in [-0.1, -0.05) is 85.6 Å². The Kier molecular flexibility index (Phi) is 7.76. The first-order chi connectivity index (χ1) is 15.3. The van der Waals surface area contributed by atoms with Crippen molar-refractivity contribution in [2.45, 2.75) is 57.4 Å². The van der Waals surface area contributed by atoms with Gasteiger partial charge in [0.25, 0.3) is 0 Å². The average Bonchev–Trinajstić information content (AvgIpc) is 2.84. The maximum absolute atomic E-state index is 5.35. The van der Waals surface area contributed by atoms with Gasteiger partial charge >= 0.3 is 0 Å². The van der Waals surface area contributed by atoms with Crippen molar-refractivity contribution >= 4 is 0 Å². The highest BCUT2D eigenvalue weighted by Crippen LogP contribution is 2.27. The summed E-state index contributed by atoms with van der Waals surface area (Å²) in [4.78, 5) is 2.68. The monoisotopic (exact) mass is 414 g/mol. The molecule has 3 aromatic carbocycles. The molecule has 3 heteroatoms. The number of ether oxygens (including phenoxy) is 1. The molecule has 0 heterocycles. The van der Waals surface area contributed by atoms with Crippen LogP contribution in [-0.2, 0) is 19.6 Å². The van der Waals surface area contributed by atoms with Gasteiger partial charge in [-0.05, 0) is 41.7 Å².